The lowest BCUT2D eigenvalue weighted by molar-refractivity contribution is -0.132. The zero-order valence-electron chi connectivity index (χ0n) is 17.4. The summed E-state index contributed by atoms with van der Waals surface area (Å²) in [4.78, 5) is 16.0. The molecule has 3 aromatic carbocycles. The molecule has 1 unspecified atom stereocenters. The van der Waals surface area contributed by atoms with Crippen molar-refractivity contribution in [1.82, 2.24) is 0 Å². The minimum atomic E-state index is -2.05. The van der Waals surface area contributed by atoms with Crippen LogP contribution in [0.1, 0.15) is 21.6 Å². The van der Waals surface area contributed by atoms with Gasteiger partial charge in [0.15, 0.2) is 0 Å². The van der Waals surface area contributed by atoms with Crippen molar-refractivity contribution in [2.24, 2.45) is 0 Å². The monoisotopic (exact) mass is 477 g/mol. The quantitative estimate of drug-likeness (QED) is 0.386. The Morgan fingerprint density at radius 3 is 2.45 bits per heavy atom. The molecule has 1 amide bonds. The van der Waals surface area contributed by atoms with Crippen LogP contribution < -0.4 is 9.64 Å². The van der Waals surface area contributed by atoms with Gasteiger partial charge in [-0.1, -0.05) is 60.1 Å². The molecule has 0 saturated heterocycles. The zero-order valence-corrected chi connectivity index (χ0v) is 19.0. The number of halogens is 1. The van der Waals surface area contributed by atoms with Crippen molar-refractivity contribution in [3.05, 3.63) is 111 Å². The number of thiophene rings is 1. The molecule has 166 valence electrons. The predicted octanol–water partition coefficient (Wildman–Crippen LogP) is 5.47. The van der Waals surface area contributed by atoms with Gasteiger partial charge in [-0.2, -0.15) is 0 Å². The van der Waals surface area contributed by atoms with Crippen molar-refractivity contribution in [3.63, 3.8) is 0 Å². The first-order valence-electron chi connectivity index (χ1n) is 10.3. The molecular weight excluding hydrogens is 458 g/mol. The second kappa shape index (κ2) is 8.56. The van der Waals surface area contributed by atoms with Gasteiger partial charge in [0.1, 0.15) is 18.1 Å². The SMILES string of the molecule is O=C1N(Cc2ccc(Cl)s2)c2ccccc2C1(O)c1cc(OCc2ccccc2)ccc1O. The molecule has 2 N–H and O–H groups in total. The van der Waals surface area contributed by atoms with Crippen molar-refractivity contribution in [2.45, 2.75) is 18.8 Å². The maximum absolute atomic E-state index is 13.6. The highest BCUT2D eigenvalue weighted by Gasteiger charge is 2.52. The summed E-state index contributed by atoms with van der Waals surface area (Å²) < 4.78 is 6.51. The molecule has 4 aromatic rings. The van der Waals surface area contributed by atoms with E-state index in [0.717, 1.165) is 10.4 Å². The molecule has 5 nitrogen and oxygen atoms in total. The van der Waals surface area contributed by atoms with Gasteiger partial charge in [0, 0.05) is 16.0 Å². The fraction of sp³-hybridized carbons (Fsp3) is 0.115. The van der Waals surface area contributed by atoms with Crippen molar-refractivity contribution in [1.29, 1.82) is 0 Å². The van der Waals surface area contributed by atoms with Crippen LogP contribution in [0.3, 0.4) is 0 Å². The first-order chi connectivity index (χ1) is 16.0. The third kappa shape index (κ3) is 3.86. The molecule has 2 heterocycles. The van der Waals surface area contributed by atoms with Gasteiger partial charge < -0.3 is 19.8 Å². The molecule has 5 rings (SSSR count). The van der Waals surface area contributed by atoms with Gasteiger partial charge in [-0.15, -0.1) is 11.3 Å². The number of nitrogens with zero attached hydrogens (tertiary/aromatic N) is 1. The Morgan fingerprint density at radius 1 is 0.939 bits per heavy atom. The minimum Gasteiger partial charge on any atom is -0.508 e. The van der Waals surface area contributed by atoms with E-state index in [9.17, 15) is 15.0 Å². The van der Waals surface area contributed by atoms with Gasteiger partial charge in [-0.25, -0.2) is 0 Å². The number of phenolic OH excluding ortho intramolecular Hbond substituents is 1. The highest BCUT2D eigenvalue weighted by atomic mass is 35.5. The van der Waals surface area contributed by atoms with Gasteiger partial charge >= 0.3 is 0 Å². The number of phenols is 1. The van der Waals surface area contributed by atoms with Crippen LogP contribution in [0, 0.1) is 0 Å². The molecule has 7 heteroatoms. The summed E-state index contributed by atoms with van der Waals surface area (Å²) in [5.41, 5.74) is 0.0113. The number of anilines is 1. The van der Waals surface area contributed by atoms with E-state index in [1.54, 1.807) is 30.3 Å². The van der Waals surface area contributed by atoms with Crippen LogP contribution in [0.15, 0.2) is 84.9 Å². The number of hydrogen-bond donors (Lipinski definition) is 2. The van der Waals surface area contributed by atoms with E-state index in [2.05, 4.69) is 0 Å². The van der Waals surface area contributed by atoms with Gasteiger partial charge in [-0.05, 0) is 42.0 Å². The predicted molar refractivity (Wildman–Crippen MR) is 129 cm³/mol. The average molecular weight is 478 g/mol. The number of carbonyl (C=O) groups excluding carboxylic acids is 1. The van der Waals surface area contributed by atoms with Crippen LogP contribution in [0.25, 0.3) is 0 Å². The lowest BCUT2D eigenvalue weighted by Gasteiger charge is -2.25. The zero-order chi connectivity index (χ0) is 23.0. The fourth-order valence-corrected chi connectivity index (χ4v) is 5.16. The molecule has 0 fully saturated rings. The van der Waals surface area contributed by atoms with Crippen LogP contribution in [-0.2, 0) is 23.5 Å². The molecule has 0 aliphatic carbocycles. The second-order valence-electron chi connectivity index (χ2n) is 7.78. The van der Waals surface area contributed by atoms with Gasteiger partial charge in [-0.3, -0.25) is 4.79 Å². The third-order valence-electron chi connectivity index (χ3n) is 5.69. The average Bonchev–Trinajstić information content (AvgIpc) is 3.34. The number of benzene rings is 3. The maximum Gasteiger partial charge on any atom is 0.268 e. The summed E-state index contributed by atoms with van der Waals surface area (Å²) in [5, 5.41) is 22.5. The number of aliphatic hydroxyl groups is 1. The molecule has 0 spiro atoms. The van der Waals surface area contributed by atoms with Crippen molar-refractivity contribution in [2.75, 3.05) is 4.90 Å². The summed E-state index contributed by atoms with van der Waals surface area (Å²) in [5.74, 6) is -0.286. The van der Waals surface area contributed by atoms with Crippen LogP contribution in [-0.4, -0.2) is 16.1 Å². The first-order valence-corrected chi connectivity index (χ1v) is 11.5. The molecule has 0 saturated carbocycles. The second-order valence-corrected chi connectivity index (χ2v) is 9.58. The number of ether oxygens (including phenoxy) is 1. The van der Waals surface area contributed by atoms with Gasteiger partial charge in [0.2, 0.25) is 5.60 Å². The number of amides is 1. The number of para-hydroxylation sites is 1. The van der Waals surface area contributed by atoms with Crippen molar-refractivity contribution in [3.8, 4) is 11.5 Å². The lowest BCUT2D eigenvalue weighted by atomic mass is 9.86. The van der Waals surface area contributed by atoms with Gasteiger partial charge in [0.05, 0.1) is 16.6 Å². The van der Waals surface area contributed by atoms with E-state index in [1.165, 1.54) is 28.4 Å². The van der Waals surface area contributed by atoms with Gasteiger partial charge in [0.25, 0.3) is 5.91 Å². The standard InChI is InChI=1S/C26H20ClNO4S/c27-24-13-11-19(33-24)15-28-22-9-5-4-8-20(22)26(31,25(28)30)21-14-18(10-12-23(21)29)32-16-17-6-2-1-3-7-17/h1-14,29,31H,15-16H2. The normalized spacial score (nSPS) is 17.3. The van der Waals surface area contributed by atoms with E-state index < -0.39 is 11.5 Å². The van der Waals surface area contributed by atoms with E-state index >= 15 is 0 Å². The molecule has 1 aliphatic rings. The molecule has 1 aromatic heterocycles. The Hall–Kier alpha value is -3.32. The summed E-state index contributed by atoms with van der Waals surface area (Å²) in [6.45, 7) is 0.583. The van der Waals surface area contributed by atoms with Crippen molar-refractivity contribution < 1.29 is 19.7 Å². The number of aromatic hydroxyl groups is 1. The summed E-state index contributed by atoms with van der Waals surface area (Å²) in [7, 11) is 0. The number of carbonyl (C=O) groups is 1. The Balaban J connectivity index is 1.51. The minimum absolute atomic E-state index is 0.0808. The Morgan fingerprint density at radius 2 is 1.70 bits per heavy atom. The largest absolute Gasteiger partial charge is 0.508 e. The maximum atomic E-state index is 13.6. The van der Waals surface area contributed by atoms with Crippen LogP contribution in [0.4, 0.5) is 5.69 Å². The highest BCUT2D eigenvalue weighted by Crippen LogP contribution is 2.48. The fourth-order valence-electron chi connectivity index (χ4n) is 4.08. The smallest absolute Gasteiger partial charge is 0.268 e. The molecule has 0 radical (unpaired) electrons. The molecule has 1 atom stereocenters. The summed E-state index contributed by atoms with van der Waals surface area (Å²) in [6, 6.07) is 24.9. The van der Waals surface area contributed by atoms with E-state index in [0.29, 0.717) is 27.9 Å². The highest BCUT2D eigenvalue weighted by molar-refractivity contribution is 7.16. The molecule has 33 heavy (non-hydrogen) atoms. The van der Waals surface area contributed by atoms with Crippen LogP contribution >= 0.6 is 22.9 Å². The molecule has 1 aliphatic heterocycles. The Labute approximate surface area is 200 Å². The number of rotatable bonds is 6. The van der Waals surface area contributed by atoms with Crippen molar-refractivity contribution >= 4 is 34.5 Å². The first kappa shape index (κ1) is 21.5. The summed E-state index contributed by atoms with van der Waals surface area (Å²) >= 11 is 7.44. The number of fused-ring (bicyclic) bond motifs is 1. The van der Waals surface area contributed by atoms with Crippen LogP contribution in [0.2, 0.25) is 4.34 Å². The van der Waals surface area contributed by atoms with E-state index in [-0.39, 0.29) is 17.9 Å². The Bertz CT molecular complexity index is 1320. The number of hydrogen-bond acceptors (Lipinski definition) is 5. The molecule has 0 bridgehead atoms. The Kier molecular flexibility index (Phi) is 5.58. The van der Waals surface area contributed by atoms with E-state index in [1.807, 2.05) is 42.5 Å². The van der Waals surface area contributed by atoms with E-state index in [4.69, 9.17) is 16.3 Å². The third-order valence-corrected chi connectivity index (χ3v) is 6.90. The van der Waals surface area contributed by atoms with Crippen LogP contribution in [0.5, 0.6) is 11.5 Å². The topological polar surface area (TPSA) is 70.0 Å². The molecular formula is C26H20ClNO4S. The summed E-state index contributed by atoms with van der Waals surface area (Å²) in [6.07, 6.45) is 0. The lowest BCUT2D eigenvalue weighted by Crippen LogP contribution is -2.40.